The van der Waals surface area contributed by atoms with Crippen molar-refractivity contribution in [3.63, 3.8) is 0 Å². The van der Waals surface area contributed by atoms with E-state index in [-0.39, 0.29) is 35.1 Å². The van der Waals surface area contributed by atoms with Crippen LogP contribution in [0.4, 0.5) is 0 Å². The van der Waals surface area contributed by atoms with Gasteiger partial charge in [0.25, 0.3) is 5.91 Å². The number of halogens is 1. The molecule has 0 aromatic heterocycles. The number of hydrogen-bond donors (Lipinski definition) is 2. The number of hydrogen-bond acceptors (Lipinski definition) is 3. The van der Waals surface area contributed by atoms with Crippen LogP contribution in [0.25, 0.3) is 0 Å². The summed E-state index contributed by atoms with van der Waals surface area (Å²) in [6, 6.07) is 4.21. The van der Waals surface area contributed by atoms with Gasteiger partial charge >= 0.3 is 0 Å². The second-order valence-electron chi connectivity index (χ2n) is 5.22. The van der Waals surface area contributed by atoms with E-state index < -0.39 is 0 Å². The number of fused-ring (bicyclic) bond motifs is 1. The Morgan fingerprint density at radius 1 is 1.45 bits per heavy atom. The Bertz CT molecular complexity index is 576. The minimum atomic E-state index is -0.225. The van der Waals surface area contributed by atoms with Crippen LogP contribution in [0.5, 0.6) is 5.75 Å². The predicted octanol–water partition coefficient (Wildman–Crippen LogP) is 1.40. The molecule has 2 atom stereocenters. The normalized spacial score (nSPS) is 25.2. The van der Waals surface area contributed by atoms with Crippen LogP contribution in [-0.2, 0) is 4.79 Å². The third kappa shape index (κ3) is 2.12. The Morgan fingerprint density at radius 3 is 3.05 bits per heavy atom. The van der Waals surface area contributed by atoms with E-state index in [9.17, 15) is 14.7 Å². The van der Waals surface area contributed by atoms with Crippen molar-refractivity contribution in [2.24, 2.45) is 5.92 Å². The van der Waals surface area contributed by atoms with Gasteiger partial charge < -0.3 is 15.3 Å². The molecule has 2 unspecified atom stereocenters. The molecule has 2 amide bonds. The number of amides is 2. The average Bonchev–Trinajstić information content (AvgIpc) is 2.83. The SMILES string of the molecule is O=C1NCC2C1CCCN2C(=O)c1cc(O)ccc1Cl. The Labute approximate surface area is 121 Å². The first-order valence-corrected chi connectivity index (χ1v) is 7.03. The highest BCUT2D eigenvalue weighted by molar-refractivity contribution is 6.33. The molecule has 2 saturated heterocycles. The summed E-state index contributed by atoms with van der Waals surface area (Å²) in [4.78, 5) is 26.0. The van der Waals surface area contributed by atoms with Crippen molar-refractivity contribution in [1.82, 2.24) is 10.2 Å². The highest BCUT2D eigenvalue weighted by atomic mass is 35.5. The van der Waals surface area contributed by atoms with Gasteiger partial charge in [-0.1, -0.05) is 11.6 Å². The Kier molecular flexibility index (Phi) is 3.30. The Balaban J connectivity index is 1.90. The number of nitrogens with one attached hydrogen (secondary N) is 1. The van der Waals surface area contributed by atoms with Gasteiger partial charge in [0.05, 0.1) is 22.5 Å². The van der Waals surface area contributed by atoms with E-state index in [1.165, 1.54) is 18.2 Å². The minimum Gasteiger partial charge on any atom is -0.508 e. The average molecular weight is 295 g/mol. The molecule has 106 valence electrons. The number of phenols is 1. The van der Waals surface area contributed by atoms with Crippen LogP contribution >= 0.6 is 11.6 Å². The van der Waals surface area contributed by atoms with E-state index in [0.717, 1.165) is 12.8 Å². The quantitative estimate of drug-likeness (QED) is 0.822. The molecule has 20 heavy (non-hydrogen) atoms. The summed E-state index contributed by atoms with van der Waals surface area (Å²) in [5.41, 5.74) is 0.284. The monoisotopic (exact) mass is 294 g/mol. The van der Waals surface area contributed by atoms with Crippen LogP contribution in [-0.4, -0.2) is 41.0 Å². The molecule has 2 aliphatic rings. The summed E-state index contributed by atoms with van der Waals surface area (Å²) in [6.45, 7) is 1.10. The fourth-order valence-electron chi connectivity index (χ4n) is 3.04. The molecule has 0 radical (unpaired) electrons. The molecule has 1 aromatic carbocycles. The number of nitrogens with zero attached hydrogens (tertiary/aromatic N) is 1. The minimum absolute atomic E-state index is 0.00642. The van der Waals surface area contributed by atoms with Crippen molar-refractivity contribution in [2.45, 2.75) is 18.9 Å². The maximum atomic E-state index is 12.6. The second kappa shape index (κ2) is 4.98. The molecule has 6 heteroatoms. The largest absolute Gasteiger partial charge is 0.508 e. The van der Waals surface area contributed by atoms with Gasteiger partial charge in [-0.25, -0.2) is 0 Å². The third-order valence-electron chi connectivity index (χ3n) is 4.04. The Morgan fingerprint density at radius 2 is 2.25 bits per heavy atom. The zero-order valence-corrected chi connectivity index (χ0v) is 11.6. The zero-order chi connectivity index (χ0) is 14.3. The van der Waals surface area contributed by atoms with Crippen molar-refractivity contribution in [1.29, 1.82) is 0 Å². The maximum Gasteiger partial charge on any atom is 0.255 e. The number of aromatic hydroxyl groups is 1. The lowest BCUT2D eigenvalue weighted by Crippen LogP contribution is -2.48. The zero-order valence-electron chi connectivity index (χ0n) is 10.8. The van der Waals surface area contributed by atoms with Gasteiger partial charge in [-0.05, 0) is 31.0 Å². The molecule has 0 saturated carbocycles. The number of rotatable bonds is 1. The number of phenolic OH excluding ortho intramolecular Hbond substituents is 1. The number of benzene rings is 1. The molecule has 0 bridgehead atoms. The summed E-state index contributed by atoms with van der Waals surface area (Å²) >= 11 is 6.04. The van der Waals surface area contributed by atoms with Gasteiger partial charge in [0, 0.05) is 13.1 Å². The standard InChI is InChI=1S/C14H15ClN2O3/c15-11-4-3-8(18)6-10(11)14(20)17-5-1-2-9-12(17)7-16-13(9)19/h3-4,6,9,12,18H,1-2,5,7H2,(H,16,19). The molecule has 2 N–H and O–H groups in total. The van der Waals surface area contributed by atoms with E-state index in [4.69, 9.17) is 11.6 Å². The first kappa shape index (κ1) is 13.2. The van der Waals surface area contributed by atoms with Crippen molar-refractivity contribution in [3.05, 3.63) is 28.8 Å². The summed E-state index contributed by atoms with van der Waals surface area (Å²) in [5.74, 6) is -0.317. The first-order chi connectivity index (χ1) is 9.58. The molecule has 2 aliphatic heterocycles. The second-order valence-corrected chi connectivity index (χ2v) is 5.63. The lowest BCUT2D eigenvalue weighted by Gasteiger charge is -2.36. The molecule has 2 fully saturated rings. The fraction of sp³-hybridized carbons (Fsp3) is 0.429. The smallest absolute Gasteiger partial charge is 0.255 e. The van der Waals surface area contributed by atoms with E-state index in [1.54, 1.807) is 4.90 Å². The van der Waals surface area contributed by atoms with Crippen LogP contribution in [0.1, 0.15) is 23.2 Å². The van der Waals surface area contributed by atoms with Crippen molar-refractivity contribution < 1.29 is 14.7 Å². The van der Waals surface area contributed by atoms with Crippen LogP contribution < -0.4 is 5.32 Å². The van der Waals surface area contributed by atoms with Crippen LogP contribution in [0.15, 0.2) is 18.2 Å². The lowest BCUT2D eigenvalue weighted by atomic mass is 9.91. The van der Waals surface area contributed by atoms with E-state index in [1.807, 2.05) is 0 Å². The molecule has 0 aliphatic carbocycles. The number of likely N-dealkylation sites (tertiary alicyclic amines) is 1. The molecule has 3 rings (SSSR count). The van der Waals surface area contributed by atoms with E-state index >= 15 is 0 Å². The molecule has 0 spiro atoms. The number of carbonyl (C=O) groups excluding carboxylic acids is 2. The van der Waals surface area contributed by atoms with Crippen LogP contribution in [0.3, 0.4) is 0 Å². The van der Waals surface area contributed by atoms with E-state index in [0.29, 0.717) is 18.1 Å². The summed E-state index contributed by atoms with van der Waals surface area (Å²) in [6.07, 6.45) is 1.62. The molecule has 5 nitrogen and oxygen atoms in total. The van der Waals surface area contributed by atoms with Gasteiger partial charge in [0.2, 0.25) is 5.91 Å². The highest BCUT2D eigenvalue weighted by Crippen LogP contribution is 2.30. The fourth-order valence-corrected chi connectivity index (χ4v) is 3.23. The van der Waals surface area contributed by atoms with Crippen molar-refractivity contribution in [3.8, 4) is 5.75 Å². The van der Waals surface area contributed by atoms with Gasteiger partial charge in [-0.2, -0.15) is 0 Å². The molecule has 1 aromatic rings. The van der Waals surface area contributed by atoms with Crippen molar-refractivity contribution >= 4 is 23.4 Å². The van der Waals surface area contributed by atoms with Gasteiger partial charge in [-0.3, -0.25) is 9.59 Å². The predicted molar refractivity (Wildman–Crippen MR) is 73.7 cm³/mol. The lowest BCUT2D eigenvalue weighted by molar-refractivity contribution is -0.123. The summed E-state index contributed by atoms with van der Waals surface area (Å²) < 4.78 is 0. The van der Waals surface area contributed by atoms with Crippen molar-refractivity contribution in [2.75, 3.05) is 13.1 Å². The Hall–Kier alpha value is -1.75. The number of carbonyl (C=O) groups is 2. The molecular weight excluding hydrogens is 280 g/mol. The molecule has 2 heterocycles. The van der Waals surface area contributed by atoms with Crippen LogP contribution in [0.2, 0.25) is 5.02 Å². The third-order valence-corrected chi connectivity index (χ3v) is 4.37. The topological polar surface area (TPSA) is 69.6 Å². The first-order valence-electron chi connectivity index (χ1n) is 6.65. The maximum absolute atomic E-state index is 12.6. The van der Waals surface area contributed by atoms with Crippen LogP contribution in [0, 0.1) is 5.92 Å². The highest BCUT2D eigenvalue weighted by Gasteiger charge is 2.42. The summed E-state index contributed by atoms with van der Waals surface area (Å²) in [7, 11) is 0. The van der Waals surface area contributed by atoms with Gasteiger partial charge in [-0.15, -0.1) is 0 Å². The van der Waals surface area contributed by atoms with Gasteiger partial charge in [0.1, 0.15) is 5.75 Å². The van der Waals surface area contributed by atoms with E-state index in [2.05, 4.69) is 5.32 Å². The number of piperidine rings is 1. The summed E-state index contributed by atoms with van der Waals surface area (Å²) in [5, 5.41) is 12.6. The molecular formula is C14H15ClN2O3. The van der Waals surface area contributed by atoms with Gasteiger partial charge in [0.15, 0.2) is 0 Å².